The van der Waals surface area contributed by atoms with E-state index in [1.807, 2.05) is 25.1 Å². The highest BCUT2D eigenvalue weighted by Gasteiger charge is 2.20. The van der Waals surface area contributed by atoms with Gasteiger partial charge in [-0.1, -0.05) is 19.8 Å². The maximum Gasteiger partial charge on any atom is 0.326 e. The van der Waals surface area contributed by atoms with E-state index < -0.39 is 12.0 Å². The Kier molecular flexibility index (Phi) is 7.42. The maximum atomic E-state index is 11.7. The molecule has 2 heterocycles. The number of anilines is 2. The van der Waals surface area contributed by atoms with Crippen LogP contribution in [0.1, 0.15) is 31.7 Å². The van der Waals surface area contributed by atoms with Crippen molar-refractivity contribution < 1.29 is 19.4 Å². The lowest BCUT2D eigenvalue weighted by Gasteiger charge is -2.17. The molecule has 0 aliphatic carbocycles. The lowest BCUT2D eigenvalue weighted by atomic mass is 10.1. The summed E-state index contributed by atoms with van der Waals surface area (Å²) >= 11 is 0. The molecule has 0 bridgehead atoms. The zero-order valence-corrected chi connectivity index (χ0v) is 17.9. The van der Waals surface area contributed by atoms with Crippen LogP contribution < -0.4 is 20.1 Å². The van der Waals surface area contributed by atoms with Crippen molar-refractivity contribution in [3.63, 3.8) is 0 Å². The zero-order valence-electron chi connectivity index (χ0n) is 17.9. The fourth-order valence-corrected chi connectivity index (χ4v) is 3.15. The van der Waals surface area contributed by atoms with Crippen molar-refractivity contribution in [1.29, 1.82) is 0 Å². The van der Waals surface area contributed by atoms with Crippen molar-refractivity contribution in [2.45, 2.75) is 38.8 Å². The van der Waals surface area contributed by atoms with E-state index in [2.05, 4.69) is 25.6 Å². The zero-order chi connectivity index (χ0) is 22.2. The lowest BCUT2D eigenvalue weighted by molar-refractivity contribution is -0.138. The van der Waals surface area contributed by atoms with Gasteiger partial charge in [0.15, 0.2) is 5.82 Å². The van der Waals surface area contributed by atoms with Crippen molar-refractivity contribution in [1.82, 2.24) is 15.0 Å². The standard InChI is InChI=1S/C22H27N5O4/c1-4-5-7-17(21(28)29)25-20-19-16(8-6-11-23-19)26-22(27-20)24-13-14-9-10-15(30-2)12-18(14)31-3/h6,8-12,17H,4-5,7,13H2,1-3H3,(H,28,29)(H2,24,25,26,27). The summed E-state index contributed by atoms with van der Waals surface area (Å²) in [6.45, 7) is 2.44. The number of pyridine rings is 1. The van der Waals surface area contributed by atoms with Gasteiger partial charge in [-0.25, -0.2) is 9.78 Å². The van der Waals surface area contributed by atoms with Crippen LogP contribution >= 0.6 is 0 Å². The third kappa shape index (κ3) is 5.50. The van der Waals surface area contributed by atoms with Crippen LogP contribution in [0.2, 0.25) is 0 Å². The molecule has 0 saturated carbocycles. The molecule has 164 valence electrons. The quantitative estimate of drug-likeness (QED) is 0.422. The predicted octanol–water partition coefficient (Wildman–Crippen LogP) is 3.71. The molecule has 1 aromatic carbocycles. The van der Waals surface area contributed by atoms with Gasteiger partial charge in [0.25, 0.3) is 0 Å². The van der Waals surface area contributed by atoms with E-state index in [9.17, 15) is 9.90 Å². The van der Waals surface area contributed by atoms with Crippen molar-refractivity contribution >= 4 is 28.8 Å². The highest BCUT2D eigenvalue weighted by atomic mass is 16.5. The second-order valence-electron chi connectivity index (χ2n) is 6.98. The summed E-state index contributed by atoms with van der Waals surface area (Å²) in [5, 5.41) is 15.8. The third-order valence-electron chi connectivity index (χ3n) is 4.84. The molecule has 31 heavy (non-hydrogen) atoms. The van der Waals surface area contributed by atoms with Crippen LogP contribution in [0.3, 0.4) is 0 Å². The number of nitrogens with one attached hydrogen (secondary N) is 2. The summed E-state index contributed by atoms with van der Waals surface area (Å²) in [5.41, 5.74) is 2.04. The molecule has 3 aromatic rings. The SMILES string of the molecule is CCCCC(Nc1nc(NCc2ccc(OC)cc2OC)nc2cccnc12)C(=O)O. The van der Waals surface area contributed by atoms with Crippen LogP contribution in [0.15, 0.2) is 36.5 Å². The van der Waals surface area contributed by atoms with E-state index in [0.717, 1.165) is 18.4 Å². The first-order chi connectivity index (χ1) is 15.0. The van der Waals surface area contributed by atoms with Crippen LogP contribution in [0, 0.1) is 0 Å². The Morgan fingerprint density at radius 2 is 2.03 bits per heavy atom. The molecule has 0 aliphatic heterocycles. The summed E-state index contributed by atoms with van der Waals surface area (Å²) < 4.78 is 10.7. The second-order valence-corrected chi connectivity index (χ2v) is 6.98. The van der Waals surface area contributed by atoms with E-state index >= 15 is 0 Å². The van der Waals surface area contributed by atoms with Crippen LogP contribution in [0.5, 0.6) is 11.5 Å². The Bertz CT molecular complexity index is 1040. The second kappa shape index (κ2) is 10.4. The van der Waals surface area contributed by atoms with Gasteiger partial charge < -0.3 is 25.2 Å². The number of fused-ring (bicyclic) bond motifs is 1. The lowest BCUT2D eigenvalue weighted by Crippen LogP contribution is -2.30. The average Bonchev–Trinajstić information content (AvgIpc) is 2.79. The molecule has 0 spiro atoms. The molecule has 0 saturated heterocycles. The number of carboxylic acids is 1. The Labute approximate surface area is 180 Å². The molecule has 3 rings (SSSR count). The number of aromatic nitrogens is 3. The normalized spacial score (nSPS) is 11.7. The fourth-order valence-electron chi connectivity index (χ4n) is 3.15. The van der Waals surface area contributed by atoms with Crippen molar-refractivity contribution in [3.8, 4) is 11.5 Å². The number of benzene rings is 1. The monoisotopic (exact) mass is 425 g/mol. The van der Waals surface area contributed by atoms with Crippen LogP contribution in [0.4, 0.5) is 11.8 Å². The Balaban J connectivity index is 1.87. The minimum absolute atomic E-state index is 0.362. The number of ether oxygens (including phenoxy) is 2. The van der Waals surface area contributed by atoms with Crippen molar-refractivity contribution in [2.24, 2.45) is 0 Å². The van der Waals surface area contributed by atoms with E-state index in [1.54, 1.807) is 32.5 Å². The van der Waals surface area contributed by atoms with Gasteiger partial charge in [-0.05, 0) is 30.7 Å². The first-order valence-corrected chi connectivity index (χ1v) is 10.1. The van der Waals surface area contributed by atoms with Gasteiger partial charge in [0.2, 0.25) is 5.95 Å². The summed E-state index contributed by atoms with van der Waals surface area (Å²) in [5.74, 6) is 1.21. The van der Waals surface area contributed by atoms with Crippen LogP contribution in [-0.2, 0) is 11.3 Å². The molecule has 0 fully saturated rings. The Morgan fingerprint density at radius 3 is 2.74 bits per heavy atom. The summed E-state index contributed by atoms with van der Waals surface area (Å²) in [4.78, 5) is 25.1. The number of carbonyl (C=O) groups is 1. The van der Waals surface area contributed by atoms with E-state index in [4.69, 9.17) is 9.47 Å². The highest BCUT2D eigenvalue weighted by Crippen LogP contribution is 2.26. The smallest absolute Gasteiger partial charge is 0.326 e. The molecule has 9 heteroatoms. The van der Waals surface area contributed by atoms with Gasteiger partial charge in [0, 0.05) is 24.4 Å². The fraction of sp³-hybridized carbons (Fsp3) is 0.364. The van der Waals surface area contributed by atoms with Gasteiger partial charge in [0.05, 0.1) is 19.7 Å². The van der Waals surface area contributed by atoms with Gasteiger partial charge in [-0.2, -0.15) is 4.98 Å². The summed E-state index contributed by atoms with van der Waals surface area (Å²) in [7, 11) is 3.20. The molecule has 2 aromatic heterocycles. The first-order valence-electron chi connectivity index (χ1n) is 10.1. The van der Waals surface area contributed by atoms with Crippen LogP contribution in [0.25, 0.3) is 11.0 Å². The van der Waals surface area contributed by atoms with Crippen molar-refractivity contribution in [2.75, 3.05) is 24.9 Å². The minimum atomic E-state index is -0.923. The van der Waals surface area contributed by atoms with E-state index in [-0.39, 0.29) is 0 Å². The number of rotatable bonds is 11. The number of hydrogen-bond acceptors (Lipinski definition) is 8. The van der Waals surface area contributed by atoms with Gasteiger partial charge in [-0.3, -0.25) is 4.98 Å². The molecule has 0 radical (unpaired) electrons. The predicted molar refractivity (Wildman–Crippen MR) is 119 cm³/mol. The number of unbranched alkanes of at least 4 members (excludes halogenated alkanes) is 1. The highest BCUT2D eigenvalue weighted by molar-refractivity contribution is 5.88. The molecular weight excluding hydrogens is 398 g/mol. The number of methoxy groups -OCH3 is 2. The molecule has 9 nitrogen and oxygen atoms in total. The number of carboxylic acid groups (broad SMARTS) is 1. The summed E-state index contributed by atoms with van der Waals surface area (Å²) in [6.07, 6.45) is 3.83. The third-order valence-corrected chi connectivity index (χ3v) is 4.84. The number of aliphatic carboxylic acids is 1. The largest absolute Gasteiger partial charge is 0.497 e. The molecular formula is C22H27N5O4. The average molecular weight is 425 g/mol. The molecule has 3 N–H and O–H groups in total. The van der Waals surface area contributed by atoms with Gasteiger partial charge >= 0.3 is 5.97 Å². The van der Waals surface area contributed by atoms with Gasteiger partial charge in [0.1, 0.15) is 23.1 Å². The number of nitrogens with zero attached hydrogens (tertiary/aromatic N) is 3. The van der Waals surface area contributed by atoms with Crippen molar-refractivity contribution in [3.05, 3.63) is 42.1 Å². The van der Waals surface area contributed by atoms with E-state index in [0.29, 0.717) is 47.3 Å². The molecule has 0 amide bonds. The van der Waals surface area contributed by atoms with Gasteiger partial charge in [-0.15, -0.1) is 0 Å². The molecule has 1 atom stereocenters. The van der Waals surface area contributed by atoms with Crippen LogP contribution in [-0.4, -0.2) is 46.3 Å². The Hall–Kier alpha value is -3.62. The Morgan fingerprint density at radius 1 is 1.19 bits per heavy atom. The summed E-state index contributed by atoms with van der Waals surface area (Å²) in [6, 6.07) is 8.40. The molecule has 1 unspecified atom stereocenters. The minimum Gasteiger partial charge on any atom is -0.497 e. The number of hydrogen-bond donors (Lipinski definition) is 3. The molecule has 0 aliphatic rings. The topological polar surface area (TPSA) is 118 Å². The maximum absolute atomic E-state index is 11.7. The van der Waals surface area contributed by atoms with E-state index in [1.165, 1.54) is 0 Å². The first kappa shape index (κ1) is 22.1.